The van der Waals surface area contributed by atoms with Crippen molar-refractivity contribution in [1.29, 1.82) is 0 Å². The highest BCUT2D eigenvalue weighted by atomic mass is 16.5. The summed E-state index contributed by atoms with van der Waals surface area (Å²) in [7, 11) is 1.32. The Balaban J connectivity index is 2.02. The third-order valence-electron chi connectivity index (χ3n) is 2.94. The number of rotatable bonds is 6. The molecule has 2 aromatic rings. The van der Waals surface area contributed by atoms with E-state index in [0.29, 0.717) is 0 Å². The van der Waals surface area contributed by atoms with Crippen LogP contribution in [0, 0.1) is 0 Å². The number of nitrogens with zero attached hydrogens (tertiary/aromatic N) is 2. The first-order valence-electron chi connectivity index (χ1n) is 6.37. The molecule has 1 aromatic heterocycles. The molecule has 5 heteroatoms. The van der Waals surface area contributed by atoms with Crippen LogP contribution in [0.25, 0.3) is 5.69 Å². The first-order valence-corrected chi connectivity index (χ1v) is 6.37. The molecule has 0 aliphatic heterocycles. The van der Waals surface area contributed by atoms with Gasteiger partial charge in [0.25, 0.3) is 0 Å². The maximum absolute atomic E-state index is 11.9. The summed E-state index contributed by atoms with van der Waals surface area (Å²) in [6.07, 6.45) is 2.23. The molecule has 0 amide bonds. The molecule has 0 aliphatic rings. The first-order chi connectivity index (χ1) is 9.70. The Kier molecular flexibility index (Phi) is 4.65. The number of para-hydroxylation sites is 1. The zero-order chi connectivity index (χ0) is 14.4. The van der Waals surface area contributed by atoms with Crippen molar-refractivity contribution in [2.75, 3.05) is 7.11 Å². The molecule has 0 spiro atoms. The number of methoxy groups -OCH3 is 1. The molecule has 0 saturated carbocycles. The summed E-state index contributed by atoms with van der Waals surface area (Å²) >= 11 is 0. The third-order valence-corrected chi connectivity index (χ3v) is 2.94. The van der Waals surface area contributed by atoms with Crippen molar-refractivity contribution in [3.8, 4) is 5.69 Å². The predicted molar refractivity (Wildman–Crippen MR) is 73.5 cm³/mol. The Hall–Kier alpha value is -2.43. The van der Waals surface area contributed by atoms with Gasteiger partial charge in [-0.2, -0.15) is 5.10 Å². The molecule has 0 saturated heterocycles. The molecule has 0 atom stereocenters. The highest BCUT2D eigenvalue weighted by Crippen LogP contribution is 2.11. The lowest BCUT2D eigenvalue weighted by molar-refractivity contribution is -0.141. The molecule has 0 bridgehead atoms. The number of benzene rings is 1. The lowest BCUT2D eigenvalue weighted by Gasteiger charge is -2.06. The summed E-state index contributed by atoms with van der Waals surface area (Å²) in [6.45, 7) is 0. The highest BCUT2D eigenvalue weighted by Gasteiger charge is 2.11. The van der Waals surface area contributed by atoms with Crippen LogP contribution in [0.15, 0.2) is 42.6 Å². The van der Waals surface area contributed by atoms with Crippen molar-refractivity contribution in [1.82, 2.24) is 9.78 Å². The Morgan fingerprint density at radius 3 is 2.60 bits per heavy atom. The first kappa shape index (κ1) is 14.0. The maximum Gasteiger partial charge on any atom is 0.305 e. The van der Waals surface area contributed by atoms with Gasteiger partial charge in [0.15, 0.2) is 0 Å². The van der Waals surface area contributed by atoms with Gasteiger partial charge >= 0.3 is 5.97 Å². The number of ether oxygens (including phenoxy) is 1. The summed E-state index contributed by atoms with van der Waals surface area (Å²) in [6, 6.07) is 11.4. The molecule has 20 heavy (non-hydrogen) atoms. The largest absolute Gasteiger partial charge is 0.469 e. The molecule has 104 valence electrons. The standard InChI is InChI=1S/C15H16N2O3/c1-20-15(19)8-7-14(18)11-13-9-10-16-17(13)12-5-3-2-4-6-12/h2-6,9-10H,7-8,11H2,1H3. The fourth-order valence-corrected chi connectivity index (χ4v) is 1.90. The molecule has 0 N–H and O–H groups in total. The smallest absolute Gasteiger partial charge is 0.305 e. The van der Waals surface area contributed by atoms with Crippen molar-refractivity contribution < 1.29 is 14.3 Å². The van der Waals surface area contributed by atoms with Gasteiger partial charge in [-0.15, -0.1) is 0 Å². The van der Waals surface area contributed by atoms with Gasteiger partial charge in [-0.25, -0.2) is 4.68 Å². The van der Waals surface area contributed by atoms with Gasteiger partial charge in [-0.05, 0) is 18.2 Å². The molecule has 0 aliphatic carbocycles. The lowest BCUT2D eigenvalue weighted by atomic mass is 10.1. The third kappa shape index (κ3) is 3.54. The minimum absolute atomic E-state index is 0.00641. The molecule has 2 rings (SSSR count). The normalized spacial score (nSPS) is 10.2. The van der Waals surface area contributed by atoms with E-state index < -0.39 is 0 Å². The second kappa shape index (κ2) is 6.65. The van der Waals surface area contributed by atoms with Gasteiger partial charge in [0, 0.05) is 19.0 Å². The summed E-state index contributed by atoms with van der Waals surface area (Å²) in [5, 5.41) is 4.22. The number of aromatic nitrogens is 2. The van der Waals surface area contributed by atoms with E-state index in [1.54, 1.807) is 10.9 Å². The minimum atomic E-state index is -0.366. The van der Waals surface area contributed by atoms with Gasteiger partial charge in [0.2, 0.25) is 0 Å². The molecule has 0 unspecified atom stereocenters. The zero-order valence-electron chi connectivity index (χ0n) is 11.3. The summed E-state index contributed by atoms with van der Waals surface area (Å²) < 4.78 is 6.25. The highest BCUT2D eigenvalue weighted by molar-refractivity contribution is 5.84. The van der Waals surface area contributed by atoms with E-state index in [1.165, 1.54) is 7.11 Å². The summed E-state index contributed by atoms with van der Waals surface area (Å²) in [5.74, 6) is -0.372. The van der Waals surface area contributed by atoms with Crippen LogP contribution >= 0.6 is 0 Å². The molecule has 1 aromatic carbocycles. The van der Waals surface area contributed by atoms with E-state index in [9.17, 15) is 9.59 Å². The number of esters is 1. The van der Waals surface area contributed by atoms with Gasteiger partial charge in [-0.3, -0.25) is 9.59 Å². The molecular weight excluding hydrogens is 256 g/mol. The Bertz CT molecular complexity index is 590. The predicted octanol–water partition coefficient (Wildman–Crippen LogP) is 1.94. The van der Waals surface area contributed by atoms with Gasteiger partial charge < -0.3 is 4.74 Å². The quantitative estimate of drug-likeness (QED) is 0.754. The Morgan fingerprint density at radius 2 is 1.90 bits per heavy atom. The Labute approximate surface area is 117 Å². The number of Topliss-reactive ketones (excluding diaryl/α,β-unsaturated/α-hetero) is 1. The monoisotopic (exact) mass is 272 g/mol. The van der Waals surface area contributed by atoms with Crippen LogP contribution in [0.4, 0.5) is 0 Å². The number of carbonyl (C=O) groups excluding carboxylic acids is 2. The average molecular weight is 272 g/mol. The maximum atomic E-state index is 11.9. The van der Waals surface area contributed by atoms with Crippen LogP contribution in [0.3, 0.4) is 0 Å². The minimum Gasteiger partial charge on any atom is -0.469 e. The van der Waals surface area contributed by atoms with E-state index >= 15 is 0 Å². The van der Waals surface area contributed by atoms with Crippen LogP contribution in [-0.4, -0.2) is 28.6 Å². The zero-order valence-corrected chi connectivity index (χ0v) is 11.3. The van der Waals surface area contributed by atoms with E-state index in [4.69, 9.17) is 0 Å². The molecule has 0 radical (unpaired) electrons. The lowest BCUT2D eigenvalue weighted by Crippen LogP contribution is -2.11. The van der Waals surface area contributed by atoms with Gasteiger partial charge in [-0.1, -0.05) is 18.2 Å². The van der Waals surface area contributed by atoms with Gasteiger partial charge in [0.05, 0.1) is 24.9 Å². The molecule has 0 fully saturated rings. The van der Waals surface area contributed by atoms with Crippen molar-refractivity contribution in [2.24, 2.45) is 0 Å². The van der Waals surface area contributed by atoms with Crippen molar-refractivity contribution in [3.05, 3.63) is 48.3 Å². The number of ketones is 1. The van der Waals surface area contributed by atoms with Gasteiger partial charge in [0.1, 0.15) is 5.78 Å². The van der Waals surface area contributed by atoms with Crippen LogP contribution in [0.1, 0.15) is 18.5 Å². The fourth-order valence-electron chi connectivity index (χ4n) is 1.90. The van der Waals surface area contributed by atoms with Crippen molar-refractivity contribution in [2.45, 2.75) is 19.3 Å². The molecule has 1 heterocycles. The molecule has 5 nitrogen and oxygen atoms in total. The van der Waals surface area contributed by atoms with Crippen LogP contribution in [0.2, 0.25) is 0 Å². The van der Waals surface area contributed by atoms with Crippen LogP contribution < -0.4 is 0 Å². The van der Waals surface area contributed by atoms with Crippen LogP contribution in [-0.2, 0) is 20.7 Å². The van der Waals surface area contributed by atoms with Crippen molar-refractivity contribution >= 4 is 11.8 Å². The average Bonchev–Trinajstić information content (AvgIpc) is 2.93. The van der Waals surface area contributed by atoms with Crippen LogP contribution in [0.5, 0.6) is 0 Å². The SMILES string of the molecule is COC(=O)CCC(=O)Cc1ccnn1-c1ccccc1. The van der Waals surface area contributed by atoms with Crippen molar-refractivity contribution in [3.63, 3.8) is 0 Å². The fraction of sp³-hybridized carbons (Fsp3) is 0.267. The second-order valence-electron chi connectivity index (χ2n) is 4.36. The van der Waals surface area contributed by atoms with E-state index in [1.807, 2.05) is 36.4 Å². The Morgan fingerprint density at radius 1 is 1.15 bits per heavy atom. The number of carbonyl (C=O) groups is 2. The topological polar surface area (TPSA) is 61.2 Å². The summed E-state index contributed by atoms with van der Waals surface area (Å²) in [4.78, 5) is 22.9. The van der Waals surface area contributed by atoms with E-state index in [0.717, 1.165) is 11.4 Å². The second-order valence-corrected chi connectivity index (χ2v) is 4.36. The number of hydrogen-bond acceptors (Lipinski definition) is 4. The van der Waals surface area contributed by atoms with E-state index in [2.05, 4.69) is 9.84 Å². The summed E-state index contributed by atoms with van der Waals surface area (Å²) in [5.41, 5.74) is 1.72. The van der Waals surface area contributed by atoms with E-state index in [-0.39, 0.29) is 31.0 Å². The molecular formula is C15H16N2O3. The number of hydrogen-bond donors (Lipinski definition) is 0.